The molecule has 0 aliphatic carbocycles. The van der Waals surface area contributed by atoms with Crippen LogP contribution in [-0.4, -0.2) is 85.3 Å². The molecule has 3 fully saturated rings. The van der Waals surface area contributed by atoms with Crippen LogP contribution in [0.15, 0.2) is 86.0 Å². The Balaban J connectivity index is 1.57. The summed E-state index contributed by atoms with van der Waals surface area (Å²) in [5.74, 6) is -1.61. The Bertz CT molecular complexity index is 1400. The number of unbranched alkanes of at least 4 members (excludes halogenated alkanes) is 2. The summed E-state index contributed by atoms with van der Waals surface area (Å²) in [6, 6.07) is 18.3. The van der Waals surface area contributed by atoms with Crippen LogP contribution < -0.4 is 0 Å². The van der Waals surface area contributed by atoms with Crippen LogP contribution in [-0.2, 0) is 27.3 Å². The van der Waals surface area contributed by atoms with Gasteiger partial charge in [0.15, 0.2) is 0 Å². The summed E-state index contributed by atoms with van der Waals surface area (Å²) in [7, 11) is 0. The fourth-order valence-electron chi connectivity index (χ4n) is 8.11. The number of carbonyl (C=O) groups is 3. The minimum absolute atomic E-state index is 0.0683. The first-order chi connectivity index (χ1) is 22.2. The molecule has 0 aromatic heterocycles. The Morgan fingerprint density at radius 3 is 2.22 bits per heavy atom. The number of amides is 3. The molecule has 0 saturated carbocycles. The second-order valence-corrected chi connectivity index (χ2v) is 15.2. The number of nitrogens with zero attached hydrogens (tertiary/aromatic N) is 3. The summed E-state index contributed by atoms with van der Waals surface area (Å²) in [6.07, 6.45) is 8.20. The monoisotopic (exact) mass is 643 g/mol. The topological polar surface area (TPSA) is 81.2 Å². The standard InChI is InChI=1S/C38H49N3O4S/c1-5-8-15-24-39(22-6-2)36(45)33-38-21-20-37(4,46-38)31(34(43)40(23-7-3)26-29-18-13-10-14-19-29)32(38)35(44)41(33)30(27-42)25-28-16-11-9-12-17-28/h6-7,9-14,16-19,30-33,42H,2-3,5,8,15,20-27H2,1,4H3/t30-,31+,32+,33?,37-,38?/m1/s1. The highest BCUT2D eigenvalue weighted by atomic mass is 32.2. The molecule has 246 valence electrons. The zero-order chi connectivity index (χ0) is 32.9. The average Bonchev–Trinajstić information content (AvgIpc) is 3.64. The van der Waals surface area contributed by atoms with Gasteiger partial charge < -0.3 is 19.8 Å². The van der Waals surface area contributed by atoms with Gasteiger partial charge in [-0.05, 0) is 43.7 Å². The summed E-state index contributed by atoms with van der Waals surface area (Å²) in [5.41, 5.74) is 1.99. The first-order valence-electron chi connectivity index (χ1n) is 16.7. The van der Waals surface area contributed by atoms with Crippen LogP contribution in [0, 0.1) is 11.8 Å². The van der Waals surface area contributed by atoms with E-state index in [1.54, 1.807) is 28.8 Å². The Morgan fingerprint density at radius 1 is 0.978 bits per heavy atom. The van der Waals surface area contributed by atoms with E-state index < -0.39 is 33.4 Å². The normalized spacial score (nSPS) is 26.9. The maximum atomic E-state index is 14.9. The highest BCUT2D eigenvalue weighted by molar-refractivity contribution is 8.02. The molecular weight excluding hydrogens is 595 g/mol. The van der Waals surface area contributed by atoms with E-state index in [1.807, 2.05) is 70.5 Å². The largest absolute Gasteiger partial charge is 0.394 e. The average molecular weight is 644 g/mol. The molecule has 2 aromatic rings. The number of thioether (sulfide) groups is 1. The molecular formula is C38H49N3O4S. The third-order valence-electron chi connectivity index (χ3n) is 10.2. The molecule has 8 heteroatoms. The molecule has 3 saturated heterocycles. The molecule has 2 bridgehead atoms. The van der Waals surface area contributed by atoms with Crippen molar-refractivity contribution in [3.05, 3.63) is 97.1 Å². The molecule has 3 amide bonds. The van der Waals surface area contributed by atoms with Gasteiger partial charge in [0.05, 0.1) is 29.2 Å². The summed E-state index contributed by atoms with van der Waals surface area (Å²) in [5, 5.41) is 10.8. The number of fused-ring (bicyclic) bond motifs is 1. The van der Waals surface area contributed by atoms with Gasteiger partial charge in [-0.25, -0.2) is 0 Å². The van der Waals surface area contributed by atoms with Crippen molar-refractivity contribution in [2.24, 2.45) is 11.8 Å². The molecule has 5 rings (SSSR count). The van der Waals surface area contributed by atoms with Gasteiger partial charge >= 0.3 is 0 Å². The predicted molar refractivity (Wildman–Crippen MR) is 185 cm³/mol. The van der Waals surface area contributed by atoms with Crippen LogP contribution >= 0.6 is 11.8 Å². The number of hydrogen-bond donors (Lipinski definition) is 1. The van der Waals surface area contributed by atoms with Gasteiger partial charge in [-0.3, -0.25) is 14.4 Å². The summed E-state index contributed by atoms with van der Waals surface area (Å²) < 4.78 is -1.25. The highest BCUT2D eigenvalue weighted by Crippen LogP contribution is 2.72. The van der Waals surface area contributed by atoms with Crippen LogP contribution in [0.3, 0.4) is 0 Å². The van der Waals surface area contributed by atoms with Crippen LogP contribution in [0.25, 0.3) is 0 Å². The van der Waals surface area contributed by atoms with E-state index in [1.165, 1.54) is 0 Å². The number of carbonyl (C=O) groups excluding carboxylic acids is 3. The van der Waals surface area contributed by atoms with E-state index in [0.29, 0.717) is 39.0 Å². The molecule has 3 heterocycles. The van der Waals surface area contributed by atoms with Crippen molar-refractivity contribution < 1.29 is 19.5 Å². The van der Waals surface area contributed by atoms with E-state index in [2.05, 4.69) is 27.0 Å². The van der Waals surface area contributed by atoms with E-state index >= 15 is 0 Å². The number of aliphatic hydroxyl groups excluding tert-OH is 1. The smallest absolute Gasteiger partial charge is 0.247 e. The van der Waals surface area contributed by atoms with Gasteiger partial charge in [-0.15, -0.1) is 24.9 Å². The first kappa shape index (κ1) is 34.0. The maximum absolute atomic E-state index is 14.9. The third kappa shape index (κ3) is 6.30. The Hall–Kier alpha value is -3.36. The molecule has 46 heavy (non-hydrogen) atoms. The lowest BCUT2D eigenvalue weighted by Gasteiger charge is -2.39. The van der Waals surface area contributed by atoms with Crippen LogP contribution in [0.2, 0.25) is 0 Å². The lowest BCUT2D eigenvalue weighted by Crippen LogP contribution is -2.58. The quantitative estimate of drug-likeness (QED) is 0.193. The lowest BCUT2D eigenvalue weighted by atomic mass is 9.66. The maximum Gasteiger partial charge on any atom is 0.247 e. The van der Waals surface area contributed by atoms with Gasteiger partial charge in [-0.1, -0.05) is 92.6 Å². The zero-order valence-corrected chi connectivity index (χ0v) is 28.2. The Kier molecular flexibility index (Phi) is 10.8. The van der Waals surface area contributed by atoms with Gasteiger partial charge in [0, 0.05) is 30.9 Å². The van der Waals surface area contributed by atoms with Crippen molar-refractivity contribution >= 4 is 29.5 Å². The van der Waals surface area contributed by atoms with E-state index in [-0.39, 0.29) is 24.3 Å². The number of benzene rings is 2. The molecule has 3 aliphatic heterocycles. The van der Waals surface area contributed by atoms with Crippen molar-refractivity contribution in [3.63, 3.8) is 0 Å². The van der Waals surface area contributed by atoms with Gasteiger partial charge in [0.2, 0.25) is 17.7 Å². The van der Waals surface area contributed by atoms with Gasteiger partial charge in [-0.2, -0.15) is 0 Å². The molecule has 2 unspecified atom stereocenters. The fourth-order valence-corrected chi connectivity index (χ4v) is 10.4. The second-order valence-electron chi connectivity index (χ2n) is 13.3. The van der Waals surface area contributed by atoms with E-state index in [9.17, 15) is 19.5 Å². The minimum Gasteiger partial charge on any atom is -0.394 e. The lowest BCUT2D eigenvalue weighted by molar-refractivity contribution is -0.148. The first-order valence-corrected chi connectivity index (χ1v) is 17.6. The summed E-state index contributed by atoms with van der Waals surface area (Å²) in [4.78, 5) is 49.8. The third-order valence-corrected chi connectivity index (χ3v) is 12.2. The SMILES string of the molecule is C=CCN(CCCCC)C(=O)C1N([C@@H](CO)Cc2ccccc2)C(=O)[C@@H]2[C@@H](C(=O)N(CC=C)Cc3ccccc3)[C@@]3(C)CCC12S3. The van der Waals surface area contributed by atoms with Crippen molar-refractivity contribution in [2.45, 2.75) is 80.5 Å². The van der Waals surface area contributed by atoms with Crippen LogP contribution in [0.1, 0.15) is 57.1 Å². The molecule has 1 N–H and O–H groups in total. The van der Waals surface area contributed by atoms with Crippen molar-refractivity contribution in [3.8, 4) is 0 Å². The fraction of sp³-hybridized carbons (Fsp3) is 0.500. The predicted octanol–water partition coefficient (Wildman–Crippen LogP) is 5.49. The summed E-state index contributed by atoms with van der Waals surface area (Å²) in [6.45, 7) is 13.6. The van der Waals surface area contributed by atoms with Gasteiger partial charge in [0.25, 0.3) is 0 Å². The molecule has 6 atom stereocenters. The second kappa shape index (κ2) is 14.6. The van der Waals surface area contributed by atoms with E-state index in [4.69, 9.17) is 0 Å². The zero-order valence-electron chi connectivity index (χ0n) is 27.4. The van der Waals surface area contributed by atoms with Crippen LogP contribution in [0.4, 0.5) is 0 Å². The molecule has 3 aliphatic rings. The summed E-state index contributed by atoms with van der Waals surface area (Å²) >= 11 is 1.68. The molecule has 0 radical (unpaired) electrons. The number of rotatable bonds is 16. The Labute approximate surface area is 278 Å². The Morgan fingerprint density at radius 2 is 1.61 bits per heavy atom. The molecule has 2 aromatic carbocycles. The van der Waals surface area contributed by atoms with Crippen molar-refractivity contribution in [1.82, 2.24) is 14.7 Å². The molecule has 7 nitrogen and oxygen atoms in total. The van der Waals surface area contributed by atoms with E-state index in [0.717, 1.165) is 36.8 Å². The van der Waals surface area contributed by atoms with Gasteiger partial charge in [0.1, 0.15) is 6.04 Å². The van der Waals surface area contributed by atoms with Crippen molar-refractivity contribution in [2.75, 3.05) is 26.2 Å². The highest BCUT2D eigenvalue weighted by Gasteiger charge is 2.78. The minimum atomic E-state index is -0.779. The van der Waals surface area contributed by atoms with Crippen LogP contribution in [0.5, 0.6) is 0 Å². The number of likely N-dealkylation sites (tertiary alicyclic amines) is 1. The molecule has 1 spiro atoms. The van der Waals surface area contributed by atoms with Crippen molar-refractivity contribution in [1.29, 1.82) is 0 Å². The number of aliphatic hydroxyl groups is 1. The number of hydrogen-bond acceptors (Lipinski definition) is 5.